The van der Waals surface area contributed by atoms with E-state index in [1.165, 1.54) is 24.3 Å². The molecule has 2 amide bonds. The Morgan fingerprint density at radius 1 is 1.13 bits per heavy atom. The first kappa shape index (κ1) is 21.3. The van der Waals surface area contributed by atoms with Crippen molar-refractivity contribution in [2.75, 3.05) is 26.7 Å². The Hall–Kier alpha value is -3.42. The van der Waals surface area contributed by atoms with Gasteiger partial charge in [-0.3, -0.25) is 5.10 Å². The molecule has 158 valence electrons. The molecule has 2 aromatic carbocycles. The van der Waals surface area contributed by atoms with Crippen LogP contribution in [0.25, 0.3) is 11.3 Å². The lowest BCUT2D eigenvalue weighted by Gasteiger charge is -2.17. The van der Waals surface area contributed by atoms with Gasteiger partial charge in [-0.05, 0) is 55.3 Å². The van der Waals surface area contributed by atoms with E-state index in [2.05, 4.69) is 15.5 Å². The molecule has 0 fully saturated rings. The third-order valence-electron chi connectivity index (χ3n) is 4.50. The molecule has 30 heavy (non-hydrogen) atoms. The zero-order valence-electron chi connectivity index (χ0n) is 16.7. The summed E-state index contributed by atoms with van der Waals surface area (Å²) in [5.41, 5.74) is 2.34. The number of benzene rings is 2. The van der Waals surface area contributed by atoms with E-state index in [9.17, 15) is 13.6 Å². The molecule has 3 aromatic rings. The minimum atomic E-state index is -0.322. The van der Waals surface area contributed by atoms with Gasteiger partial charge in [-0.25, -0.2) is 13.6 Å². The van der Waals surface area contributed by atoms with Crippen molar-refractivity contribution in [3.63, 3.8) is 0 Å². The molecule has 1 heterocycles. The molecule has 0 aliphatic carbocycles. The van der Waals surface area contributed by atoms with E-state index in [4.69, 9.17) is 4.74 Å². The Balaban J connectivity index is 1.34. The second-order valence-corrected chi connectivity index (χ2v) is 6.85. The number of urea groups is 1. The summed E-state index contributed by atoms with van der Waals surface area (Å²) in [5, 5.41) is 9.95. The van der Waals surface area contributed by atoms with Crippen LogP contribution in [0.3, 0.4) is 0 Å². The molecule has 0 spiro atoms. The zero-order valence-corrected chi connectivity index (χ0v) is 16.7. The standard InChI is InChI=1S/C22H24F2N4O2/c1-28(22(29)25-11-13-30-20-9-7-17(23)8-10-20)12-3-6-19-15-21(27-26-19)16-4-2-5-18(24)14-16/h2,4-5,7-10,14-15H,3,6,11-13H2,1H3,(H,25,29)(H,26,27). The Labute approximate surface area is 173 Å². The highest BCUT2D eigenvalue weighted by Gasteiger charge is 2.09. The third kappa shape index (κ3) is 6.30. The lowest BCUT2D eigenvalue weighted by molar-refractivity contribution is 0.205. The topological polar surface area (TPSA) is 70.2 Å². The van der Waals surface area contributed by atoms with E-state index < -0.39 is 0 Å². The maximum atomic E-state index is 13.3. The quantitative estimate of drug-likeness (QED) is 0.520. The second kappa shape index (κ2) is 10.4. The first-order valence-corrected chi connectivity index (χ1v) is 9.69. The number of rotatable bonds is 9. The van der Waals surface area contributed by atoms with Crippen LogP contribution in [0.4, 0.5) is 13.6 Å². The Kier molecular flexibility index (Phi) is 7.37. The summed E-state index contributed by atoms with van der Waals surface area (Å²) in [7, 11) is 1.72. The van der Waals surface area contributed by atoms with E-state index >= 15 is 0 Å². The number of hydrogen-bond donors (Lipinski definition) is 2. The van der Waals surface area contributed by atoms with Gasteiger partial charge in [-0.2, -0.15) is 5.10 Å². The fourth-order valence-electron chi connectivity index (χ4n) is 2.89. The molecule has 0 unspecified atom stereocenters. The van der Waals surface area contributed by atoms with Crippen LogP contribution in [0.5, 0.6) is 5.75 Å². The molecule has 6 nitrogen and oxygen atoms in total. The number of ether oxygens (including phenoxy) is 1. The number of halogens is 2. The smallest absolute Gasteiger partial charge is 0.317 e. The minimum Gasteiger partial charge on any atom is -0.492 e. The average Bonchev–Trinajstić information content (AvgIpc) is 3.21. The molecule has 0 saturated carbocycles. The number of hydrogen-bond acceptors (Lipinski definition) is 3. The van der Waals surface area contributed by atoms with Crippen LogP contribution in [0.15, 0.2) is 54.6 Å². The first-order chi connectivity index (χ1) is 14.5. The van der Waals surface area contributed by atoms with Crippen molar-refractivity contribution in [3.8, 4) is 17.0 Å². The summed E-state index contributed by atoms with van der Waals surface area (Å²) in [6.07, 6.45) is 1.47. The molecular formula is C22H24F2N4O2. The second-order valence-electron chi connectivity index (χ2n) is 6.85. The minimum absolute atomic E-state index is 0.192. The highest BCUT2D eigenvalue weighted by Crippen LogP contribution is 2.19. The highest BCUT2D eigenvalue weighted by molar-refractivity contribution is 5.73. The molecule has 1 aromatic heterocycles. The molecule has 2 N–H and O–H groups in total. The van der Waals surface area contributed by atoms with E-state index in [1.54, 1.807) is 36.2 Å². The predicted octanol–water partition coefficient (Wildman–Crippen LogP) is 4.01. The van der Waals surface area contributed by atoms with Crippen LogP contribution < -0.4 is 10.1 Å². The number of carbonyl (C=O) groups is 1. The number of amides is 2. The molecule has 0 aliphatic heterocycles. The average molecular weight is 414 g/mol. The highest BCUT2D eigenvalue weighted by atomic mass is 19.1. The van der Waals surface area contributed by atoms with E-state index in [1.807, 2.05) is 6.07 Å². The summed E-state index contributed by atoms with van der Waals surface area (Å²) in [5.74, 6) is -0.0680. The predicted molar refractivity (Wildman–Crippen MR) is 110 cm³/mol. The first-order valence-electron chi connectivity index (χ1n) is 9.69. The van der Waals surface area contributed by atoms with Crippen molar-refractivity contribution >= 4 is 6.03 Å². The Morgan fingerprint density at radius 2 is 1.93 bits per heavy atom. The summed E-state index contributed by atoms with van der Waals surface area (Å²) in [4.78, 5) is 13.7. The maximum absolute atomic E-state index is 13.3. The van der Waals surface area contributed by atoms with Crippen molar-refractivity contribution in [3.05, 3.63) is 71.9 Å². The molecule has 0 atom stereocenters. The number of aromatic amines is 1. The summed E-state index contributed by atoms with van der Waals surface area (Å²) < 4.78 is 31.6. The van der Waals surface area contributed by atoms with Gasteiger partial charge in [0.15, 0.2) is 0 Å². The molecule has 0 aliphatic rings. The number of nitrogens with zero attached hydrogens (tertiary/aromatic N) is 2. The lowest BCUT2D eigenvalue weighted by atomic mass is 10.1. The SMILES string of the molecule is CN(CCCc1cc(-c2cccc(F)c2)n[nH]1)C(=O)NCCOc1ccc(F)cc1. The number of carbonyl (C=O) groups excluding carboxylic acids is 1. The fraction of sp³-hybridized carbons (Fsp3) is 0.273. The number of nitrogens with one attached hydrogen (secondary N) is 2. The molecule has 0 saturated heterocycles. The van der Waals surface area contributed by atoms with Gasteiger partial charge in [0.25, 0.3) is 0 Å². The van der Waals surface area contributed by atoms with E-state index in [-0.39, 0.29) is 17.7 Å². The zero-order chi connectivity index (χ0) is 21.3. The van der Waals surface area contributed by atoms with Crippen LogP contribution in [0, 0.1) is 11.6 Å². The van der Waals surface area contributed by atoms with Crippen LogP contribution in [-0.2, 0) is 6.42 Å². The van der Waals surface area contributed by atoms with Crippen LogP contribution >= 0.6 is 0 Å². The van der Waals surface area contributed by atoms with Crippen molar-refractivity contribution < 1.29 is 18.3 Å². The Morgan fingerprint density at radius 3 is 2.70 bits per heavy atom. The van der Waals surface area contributed by atoms with Gasteiger partial charge in [0.05, 0.1) is 12.2 Å². The number of aryl methyl sites for hydroxylation is 1. The normalized spacial score (nSPS) is 10.6. The number of H-pyrrole nitrogens is 1. The van der Waals surface area contributed by atoms with Crippen molar-refractivity contribution in [2.45, 2.75) is 12.8 Å². The largest absolute Gasteiger partial charge is 0.492 e. The van der Waals surface area contributed by atoms with Crippen LogP contribution in [0.1, 0.15) is 12.1 Å². The van der Waals surface area contributed by atoms with Gasteiger partial charge in [-0.15, -0.1) is 0 Å². The molecular weight excluding hydrogens is 390 g/mol. The molecule has 3 rings (SSSR count). The molecule has 0 bridgehead atoms. The third-order valence-corrected chi connectivity index (χ3v) is 4.50. The molecule has 0 radical (unpaired) electrons. The van der Waals surface area contributed by atoms with Crippen LogP contribution in [-0.4, -0.2) is 47.9 Å². The van der Waals surface area contributed by atoms with E-state index in [0.717, 1.165) is 17.7 Å². The fourth-order valence-corrected chi connectivity index (χ4v) is 2.89. The summed E-state index contributed by atoms with van der Waals surface area (Å²) in [6.45, 7) is 1.21. The van der Waals surface area contributed by atoms with Gasteiger partial charge in [-0.1, -0.05) is 12.1 Å². The van der Waals surface area contributed by atoms with Gasteiger partial charge in [0.2, 0.25) is 0 Å². The monoisotopic (exact) mass is 414 g/mol. The summed E-state index contributed by atoms with van der Waals surface area (Å²) >= 11 is 0. The molecule has 8 heteroatoms. The maximum Gasteiger partial charge on any atom is 0.317 e. The van der Waals surface area contributed by atoms with Crippen molar-refractivity contribution in [2.24, 2.45) is 0 Å². The van der Waals surface area contributed by atoms with Gasteiger partial charge < -0.3 is 15.0 Å². The van der Waals surface area contributed by atoms with Crippen LogP contribution in [0.2, 0.25) is 0 Å². The van der Waals surface area contributed by atoms with Gasteiger partial charge in [0, 0.05) is 24.8 Å². The van der Waals surface area contributed by atoms with Crippen molar-refractivity contribution in [1.82, 2.24) is 20.4 Å². The lowest BCUT2D eigenvalue weighted by Crippen LogP contribution is -2.39. The van der Waals surface area contributed by atoms with Gasteiger partial charge in [0.1, 0.15) is 24.0 Å². The van der Waals surface area contributed by atoms with E-state index in [0.29, 0.717) is 37.6 Å². The number of aromatic nitrogens is 2. The van der Waals surface area contributed by atoms with Crippen molar-refractivity contribution in [1.29, 1.82) is 0 Å². The Bertz CT molecular complexity index is 960. The van der Waals surface area contributed by atoms with Gasteiger partial charge >= 0.3 is 6.03 Å². The summed E-state index contributed by atoms with van der Waals surface area (Å²) in [6, 6.07) is 13.7.